The maximum absolute atomic E-state index is 12.3. The van der Waals surface area contributed by atoms with E-state index in [2.05, 4.69) is 31.4 Å². The number of carbonyl (C=O) groups is 1. The molecule has 212 valence electrons. The van der Waals surface area contributed by atoms with Crippen molar-refractivity contribution in [3.63, 3.8) is 0 Å². The molecule has 0 aliphatic rings. The van der Waals surface area contributed by atoms with E-state index in [1.807, 2.05) is 6.07 Å². The topological polar surface area (TPSA) is 201 Å². The molecule has 0 spiro atoms. The predicted molar refractivity (Wildman–Crippen MR) is 146 cm³/mol. The first-order chi connectivity index (χ1) is 19.6. The Balaban J connectivity index is 1.68. The molecule has 15 nitrogen and oxygen atoms in total. The average Bonchev–Trinajstić information content (AvgIpc) is 2.95. The van der Waals surface area contributed by atoms with Gasteiger partial charge in [0.25, 0.3) is 11.6 Å². The van der Waals surface area contributed by atoms with Gasteiger partial charge in [-0.2, -0.15) is 10.4 Å². The van der Waals surface area contributed by atoms with Crippen LogP contribution in [0.1, 0.15) is 22.4 Å². The second-order valence-electron chi connectivity index (χ2n) is 7.98. The summed E-state index contributed by atoms with van der Waals surface area (Å²) in [4.78, 5) is 37.3. The normalized spacial score (nSPS) is 10.6. The summed E-state index contributed by atoms with van der Waals surface area (Å²) in [5.74, 6) is -0.607. The zero-order valence-corrected chi connectivity index (χ0v) is 23.3. The number of hydrogen-bond donors (Lipinski definition) is 1. The number of non-ortho nitro benzene ring substituents is 1. The second kappa shape index (κ2) is 13.8. The summed E-state index contributed by atoms with van der Waals surface area (Å²) in [7, 11) is 2.83. The number of aryl methyl sites for hydroxylation is 1. The summed E-state index contributed by atoms with van der Waals surface area (Å²) in [6, 6.07) is 9.47. The molecule has 0 saturated carbocycles. The van der Waals surface area contributed by atoms with Gasteiger partial charge in [-0.05, 0) is 52.7 Å². The van der Waals surface area contributed by atoms with Crippen molar-refractivity contribution in [3.05, 3.63) is 83.5 Å². The van der Waals surface area contributed by atoms with Gasteiger partial charge in [-0.25, -0.2) is 10.4 Å². The number of rotatable bonds is 12. The van der Waals surface area contributed by atoms with Crippen molar-refractivity contribution >= 4 is 39.4 Å². The van der Waals surface area contributed by atoms with E-state index < -0.39 is 33.7 Å². The second-order valence-corrected chi connectivity index (χ2v) is 8.77. The third kappa shape index (κ3) is 7.50. The lowest BCUT2D eigenvalue weighted by atomic mass is 10.1. The minimum absolute atomic E-state index is 0.0204. The number of nitro benzene ring substituents is 2. The van der Waals surface area contributed by atoms with Gasteiger partial charge in [0, 0.05) is 23.2 Å². The lowest BCUT2D eigenvalue weighted by Gasteiger charge is -2.13. The van der Waals surface area contributed by atoms with Gasteiger partial charge in [0.2, 0.25) is 11.6 Å². The fraction of sp³-hybridized carbons (Fsp3) is 0.200. The van der Waals surface area contributed by atoms with Crippen molar-refractivity contribution in [1.29, 1.82) is 5.26 Å². The number of hydrazone groups is 1. The Morgan fingerprint density at radius 1 is 1.15 bits per heavy atom. The van der Waals surface area contributed by atoms with Gasteiger partial charge in [-0.1, -0.05) is 0 Å². The standard InChI is InChI=1S/C25H21BrN6O9/c1-14-24(26)18(12-38-2)17(10-27)25(29-14)40-13-23(33)30-28-11-15-4-6-21(22(8-15)39-3)41-20-7-5-16(31(34)35)9-19(20)32(36)37/h4-9,11H,12-13H2,1-3H3,(H,30,33). The molecule has 0 atom stereocenters. The summed E-state index contributed by atoms with van der Waals surface area (Å²) in [6.07, 6.45) is 1.30. The minimum Gasteiger partial charge on any atom is -0.493 e. The van der Waals surface area contributed by atoms with Crippen molar-refractivity contribution < 1.29 is 33.6 Å². The Labute approximate surface area is 240 Å². The number of nitro groups is 2. The van der Waals surface area contributed by atoms with Gasteiger partial charge in [0.1, 0.15) is 11.6 Å². The zero-order chi connectivity index (χ0) is 30.1. The molecule has 0 bridgehead atoms. The van der Waals surface area contributed by atoms with Crippen LogP contribution in [0.3, 0.4) is 0 Å². The number of amides is 1. The average molecular weight is 629 g/mol. The highest BCUT2D eigenvalue weighted by Crippen LogP contribution is 2.38. The number of pyridine rings is 1. The molecule has 0 saturated heterocycles. The third-order valence-corrected chi connectivity index (χ3v) is 6.32. The van der Waals surface area contributed by atoms with Crippen LogP contribution in [-0.4, -0.2) is 47.8 Å². The van der Waals surface area contributed by atoms with Gasteiger partial charge in [-0.15, -0.1) is 0 Å². The van der Waals surface area contributed by atoms with Crippen LogP contribution in [0.25, 0.3) is 0 Å². The number of carbonyl (C=O) groups excluding carboxylic acids is 1. The number of nitrogens with one attached hydrogen (secondary N) is 1. The van der Waals surface area contributed by atoms with Crippen LogP contribution < -0.4 is 19.6 Å². The van der Waals surface area contributed by atoms with Crippen molar-refractivity contribution in [1.82, 2.24) is 10.4 Å². The lowest BCUT2D eigenvalue weighted by molar-refractivity contribution is -0.394. The number of methoxy groups -OCH3 is 2. The van der Waals surface area contributed by atoms with Crippen LogP contribution >= 0.6 is 15.9 Å². The monoisotopic (exact) mass is 628 g/mol. The number of nitriles is 1. The lowest BCUT2D eigenvalue weighted by Crippen LogP contribution is -2.25. The van der Waals surface area contributed by atoms with Crippen molar-refractivity contribution in [2.24, 2.45) is 5.10 Å². The number of ether oxygens (including phenoxy) is 4. The molecule has 1 aromatic heterocycles. The van der Waals surface area contributed by atoms with E-state index in [-0.39, 0.29) is 35.3 Å². The highest BCUT2D eigenvalue weighted by Gasteiger charge is 2.22. The Morgan fingerprint density at radius 3 is 2.51 bits per heavy atom. The molecule has 0 aliphatic carbocycles. The number of nitrogens with zero attached hydrogens (tertiary/aromatic N) is 5. The van der Waals surface area contributed by atoms with Gasteiger partial charge in [0.05, 0.1) is 41.5 Å². The molecule has 1 heterocycles. The molecule has 0 fully saturated rings. The maximum atomic E-state index is 12.3. The van der Waals surface area contributed by atoms with Crippen LogP contribution in [0.4, 0.5) is 11.4 Å². The van der Waals surface area contributed by atoms with Crippen LogP contribution in [0.15, 0.2) is 46.0 Å². The van der Waals surface area contributed by atoms with Crippen molar-refractivity contribution in [2.45, 2.75) is 13.5 Å². The third-order valence-electron chi connectivity index (χ3n) is 5.27. The molecule has 2 aromatic carbocycles. The smallest absolute Gasteiger partial charge is 0.318 e. The molecular weight excluding hydrogens is 608 g/mol. The largest absolute Gasteiger partial charge is 0.493 e. The number of aromatic nitrogens is 1. The first kappa shape index (κ1) is 30.4. The van der Waals surface area contributed by atoms with E-state index >= 15 is 0 Å². The Bertz CT molecular complexity index is 1570. The molecular formula is C25H21BrN6O9. The first-order valence-electron chi connectivity index (χ1n) is 11.4. The van der Waals surface area contributed by atoms with E-state index in [0.29, 0.717) is 21.3 Å². The van der Waals surface area contributed by atoms with E-state index in [9.17, 15) is 30.3 Å². The van der Waals surface area contributed by atoms with E-state index in [1.165, 1.54) is 38.6 Å². The van der Waals surface area contributed by atoms with Crippen LogP contribution in [0.5, 0.6) is 23.1 Å². The van der Waals surface area contributed by atoms with Crippen LogP contribution in [-0.2, 0) is 16.1 Å². The fourth-order valence-electron chi connectivity index (χ4n) is 3.37. The van der Waals surface area contributed by atoms with Crippen molar-refractivity contribution in [3.8, 4) is 29.2 Å². The minimum atomic E-state index is -0.796. The van der Waals surface area contributed by atoms with Gasteiger partial charge >= 0.3 is 5.69 Å². The summed E-state index contributed by atoms with van der Waals surface area (Å²) in [6.45, 7) is 1.37. The Morgan fingerprint density at radius 2 is 1.88 bits per heavy atom. The summed E-state index contributed by atoms with van der Waals surface area (Å²) in [5, 5.41) is 35.7. The van der Waals surface area contributed by atoms with E-state index in [0.717, 1.165) is 18.2 Å². The SMILES string of the molecule is COCc1c(Br)c(C)nc(OCC(=O)NN=Cc2ccc(Oc3ccc([N+](=O)[O-])cc3[N+](=O)[O-])c(OC)c2)c1C#N. The fourth-order valence-corrected chi connectivity index (χ4v) is 3.78. The van der Waals surface area contributed by atoms with Gasteiger partial charge in [0.15, 0.2) is 18.1 Å². The predicted octanol–water partition coefficient (Wildman–Crippen LogP) is 4.32. The van der Waals surface area contributed by atoms with Crippen LogP contribution in [0, 0.1) is 38.5 Å². The molecule has 3 rings (SSSR count). The highest BCUT2D eigenvalue weighted by molar-refractivity contribution is 9.10. The highest BCUT2D eigenvalue weighted by atomic mass is 79.9. The molecule has 0 radical (unpaired) electrons. The number of hydrogen-bond acceptors (Lipinski definition) is 12. The summed E-state index contributed by atoms with van der Waals surface area (Å²) >= 11 is 3.38. The van der Waals surface area contributed by atoms with E-state index in [1.54, 1.807) is 6.92 Å². The Hall–Kier alpha value is -5.14. The molecule has 1 amide bonds. The molecule has 0 unspecified atom stereocenters. The molecule has 41 heavy (non-hydrogen) atoms. The van der Waals surface area contributed by atoms with Crippen LogP contribution in [0.2, 0.25) is 0 Å². The Kier molecular flexibility index (Phi) is 10.2. The van der Waals surface area contributed by atoms with E-state index in [4.69, 9.17) is 18.9 Å². The van der Waals surface area contributed by atoms with Gasteiger partial charge in [-0.3, -0.25) is 25.0 Å². The molecule has 0 aliphatic heterocycles. The first-order valence-corrected chi connectivity index (χ1v) is 12.2. The summed E-state index contributed by atoms with van der Waals surface area (Å²) < 4.78 is 22.1. The maximum Gasteiger partial charge on any atom is 0.318 e. The molecule has 16 heteroatoms. The summed E-state index contributed by atoms with van der Waals surface area (Å²) in [5.41, 5.74) is 2.93. The number of halogens is 1. The van der Waals surface area contributed by atoms with Gasteiger partial charge < -0.3 is 18.9 Å². The quantitative estimate of drug-likeness (QED) is 0.170. The van der Waals surface area contributed by atoms with Crippen molar-refractivity contribution in [2.75, 3.05) is 20.8 Å². The zero-order valence-electron chi connectivity index (χ0n) is 21.7. The number of benzene rings is 2. The molecule has 1 N–H and O–H groups in total. The molecule has 3 aromatic rings.